The summed E-state index contributed by atoms with van der Waals surface area (Å²) in [5.74, 6) is -0.0814. The van der Waals surface area contributed by atoms with Crippen molar-refractivity contribution in [3.8, 4) is 27.6 Å². The van der Waals surface area contributed by atoms with Gasteiger partial charge in [0.15, 0.2) is 0 Å². The number of nitrogens with zero attached hydrogens (tertiary/aromatic N) is 3. The van der Waals surface area contributed by atoms with Gasteiger partial charge in [0.25, 0.3) is 0 Å². The molecule has 0 unspecified atom stereocenters. The van der Waals surface area contributed by atoms with Crippen LogP contribution >= 0.6 is 11.3 Å². The van der Waals surface area contributed by atoms with Gasteiger partial charge in [-0.25, -0.2) is 14.3 Å². The number of unbranched alkanes of at least 4 members (excludes halogenated alkanes) is 3. The van der Waals surface area contributed by atoms with Gasteiger partial charge < -0.3 is 14.6 Å². The van der Waals surface area contributed by atoms with Gasteiger partial charge in [0.2, 0.25) is 4.96 Å². The standard InChI is InChI=1S/C24H25N3O4S/c1-30-14-4-2-3-5-15-31-20-12-10-18(11-13-20)22-26-27-16-21(25-24(27)32-22)17-6-8-19(9-7-17)23(28)29/h6-13,16H,2-5,14-15H2,1H3,(H,28,29). The first kappa shape index (κ1) is 22.0. The Balaban J connectivity index is 1.35. The SMILES string of the molecule is COCCCCCCOc1ccc(-c2nn3cc(-c4ccc(C(=O)O)cc4)nc3s2)cc1. The molecule has 0 saturated carbocycles. The lowest BCUT2D eigenvalue weighted by Gasteiger charge is -2.06. The van der Waals surface area contributed by atoms with Crippen molar-refractivity contribution in [2.24, 2.45) is 0 Å². The van der Waals surface area contributed by atoms with Gasteiger partial charge in [-0.2, -0.15) is 5.10 Å². The number of carboxylic acids is 1. The van der Waals surface area contributed by atoms with E-state index >= 15 is 0 Å². The van der Waals surface area contributed by atoms with E-state index in [1.54, 1.807) is 35.9 Å². The average Bonchev–Trinajstić information content (AvgIpc) is 3.39. The van der Waals surface area contributed by atoms with E-state index in [-0.39, 0.29) is 5.56 Å². The number of hydrogen-bond acceptors (Lipinski definition) is 6. The Labute approximate surface area is 190 Å². The van der Waals surface area contributed by atoms with Crippen molar-refractivity contribution in [2.45, 2.75) is 25.7 Å². The molecule has 0 bridgehead atoms. The van der Waals surface area contributed by atoms with Crippen molar-refractivity contribution in [1.82, 2.24) is 14.6 Å². The molecule has 0 amide bonds. The van der Waals surface area contributed by atoms with E-state index in [1.165, 1.54) is 11.3 Å². The van der Waals surface area contributed by atoms with Crippen molar-refractivity contribution in [3.05, 3.63) is 60.3 Å². The fourth-order valence-electron chi connectivity index (χ4n) is 3.33. The zero-order valence-corrected chi connectivity index (χ0v) is 18.7. The smallest absolute Gasteiger partial charge is 0.335 e. The number of methoxy groups -OCH3 is 1. The number of carbonyl (C=O) groups is 1. The number of hydrogen-bond donors (Lipinski definition) is 1. The van der Waals surface area contributed by atoms with Crippen molar-refractivity contribution in [1.29, 1.82) is 0 Å². The van der Waals surface area contributed by atoms with E-state index in [0.29, 0.717) is 6.61 Å². The third-order valence-corrected chi connectivity index (χ3v) is 6.06. The molecule has 4 rings (SSSR count). The molecule has 4 aromatic rings. The molecule has 0 atom stereocenters. The van der Waals surface area contributed by atoms with Gasteiger partial charge >= 0.3 is 5.97 Å². The molecule has 0 saturated heterocycles. The first-order valence-electron chi connectivity index (χ1n) is 10.6. The molecular weight excluding hydrogens is 426 g/mol. The Bertz CT molecular complexity index is 1130. The summed E-state index contributed by atoms with van der Waals surface area (Å²) in [6.45, 7) is 1.54. The minimum absolute atomic E-state index is 0.254. The summed E-state index contributed by atoms with van der Waals surface area (Å²) < 4.78 is 12.6. The number of rotatable bonds is 11. The second-order valence-electron chi connectivity index (χ2n) is 7.42. The molecule has 166 valence electrons. The van der Waals surface area contributed by atoms with Gasteiger partial charge in [-0.3, -0.25) is 0 Å². The monoisotopic (exact) mass is 451 g/mol. The van der Waals surface area contributed by atoms with Crippen molar-refractivity contribution < 1.29 is 19.4 Å². The quantitative estimate of drug-likeness (QED) is 0.307. The highest BCUT2D eigenvalue weighted by atomic mass is 32.1. The van der Waals surface area contributed by atoms with E-state index in [9.17, 15) is 4.79 Å². The first-order valence-corrected chi connectivity index (χ1v) is 11.4. The van der Waals surface area contributed by atoms with Crippen molar-refractivity contribution >= 4 is 22.3 Å². The van der Waals surface area contributed by atoms with Gasteiger partial charge in [-0.05, 0) is 55.7 Å². The Morgan fingerprint density at radius 3 is 2.31 bits per heavy atom. The fourth-order valence-corrected chi connectivity index (χ4v) is 4.21. The lowest BCUT2D eigenvalue weighted by Crippen LogP contribution is -1.97. The summed E-state index contributed by atoms with van der Waals surface area (Å²) in [5.41, 5.74) is 2.89. The highest BCUT2D eigenvalue weighted by Crippen LogP contribution is 2.29. The van der Waals surface area contributed by atoms with Crippen LogP contribution in [0.4, 0.5) is 0 Å². The second kappa shape index (κ2) is 10.4. The maximum atomic E-state index is 11.0. The summed E-state index contributed by atoms with van der Waals surface area (Å²) in [4.78, 5) is 16.4. The third kappa shape index (κ3) is 5.33. The van der Waals surface area contributed by atoms with Gasteiger partial charge in [0, 0.05) is 24.8 Å². The van der Waals surface area contributed by atoms with Crippen LogP contribution in [0.5, 0.6) is 5.75 Å². The Morgan fingerprint density at radius 2 is 1.66 bits per heavy atom. The van der Waals surface area contributed by atoms with Gasteiger partial charge in [0.05, 0.1) is 24.1 Å². The molecule has 0 aliphatic rings. The molecule has 32 heavy (non-hydrogen) atoms. The first-order chi connectivity index (χ1) is 15.6. The summed E-state index contributed by atoms with van der Waals surface area (Å²) >= 11 is 1.51. The van der Waals surface area contributed by atoms with E-state index in [4.69, 9.17) is 14.6 Å². The predicted octanol–water partition coefficient (Wildman–Crippen LogP) is 5.41. The van der Waals surface area contributed by atoms with Gasteiger partial charge in [-0.15, -0.1) is 0 Å². The van der Waals surface area contributed by atoms with Crippen LogP contribution in [-0.4, -0.2) is 46.0 Å². The number of fused-ring (bicyclic) bond motifs is 1. The zero-order valence-electron chi connectivity index (χ0n) is 17.9. The highest BCUT2D eigenvalue weighted by molar-refractivity contribution is 7.19. The molecular formula is C24H25N3O4S. The molecule has 0 aliphatic carbocycles. The number of ether oxygens (including phenoxy) is 2. The van der Waals surface area contributed by atoms with Crippen LogP contribution in [0.3, 0.4) is 0 Å². The van der Waals surface area contributed by atoms with Gasteiger partial charge in [-0.1, -0.05) is 29.9 Å². The van der Waals surface area contributed by atoms with Crippen LogP contribution in [0.15, 0.2) is 54.7 Å². The van der Waals surface area contributed by atoms with Crippen molar-refractivity contribution in [2.75, 3.05) is 20.3 Å². The average molecular weight is 452 g/mol. The largest absolute Gasteiger partial charge is 0.494 e. The minimum Gasteiger partial charge on any atom is -0.494 e. The zero-order chi connectivity index (χ0) is 22.3. The lowest BCUT2D eigenvalue weighted by molar-refractivity contribution is 0.0697. The lowest BCUT2D eigenvalue weighted by atomic mass is 10.1. The predicted molar refractivity (Wildman–Crippen MR) is 125 cm³/mol. The number of imidazole rings is 1. The molecule has 8 heteroatoms. The Morgan fingerprint density at radius 1 is 0.969 bits per heavy atom. The summed E-state index contributed by atoms with van der Waals surface area (Å²) in [6, 6.07) is 14.6. The maximum Gasteiger partial charge on any atom is 0.335 e. The molecule has 2 heterocycles. The van der Waals surface area contributed by atoms with E-state index in [0.717, 1.165) is 64.8 Å². The summed E-state index contributed by atoms with van der Waals surface area (Å²) in [5, 5.41) is 14.6. The molecule has 2 aromatic heterocycles. The topological polar surface area (TPSA) is 86.0 Å². The molecule has 0 radical (unpaired) electrons. The van der Waals surface area contributed by atoms with Crippen LogP contribution in [0.1, 0.15) is 36.0 Å². The molecule has 1 N–H and O–H groups in total. The molecule has 0 aliphatic heterocycles. The summed E-state index contributed by atoms with van der Waals surface area (Å²) in [6.07, 6.45) is 6.30. The van der Waals surface area contributed by atoms with E-state index < -0.39 is 5.97 Å². The normalized spacial score (nSPS) is 11.2. The summed E-state index contributed by atoms with van der Waals surface area (Å²) in [7, 11) is 1.73. The van der Waals surface area contributed by atoms with E-state index in [1.807, 2.05) is 30.5 Å². The van der Waals surface area contributed by atoms with Crippen LogP contribution in [-0.2, 0) is 4.74 Å². The molecule has 0 spiro atoms. The maximum absolute atomic E-state index is 11.0. The third-order valence-electron chi connectivity index (χ3n) is 5.08. The molecule has 0 fully saturated rings. The highest BCUT2D eigenvalue weighted by Gasteiger charge is 2.12. The van der Waals surface area contributed by atoms with Crippen LogP contribution in [0.25, 0.3) is 26.8 Å². The number of carboxylic acid groups (broad SMARTS) is 1. The Hall–Kier alpha value is -3.23. The second-order valence-corrected chi connectivity index (χ2v) is 8.38. The van der Waals surface area contributed by atoms with E-state index in [2.05, 4.69) is 10.1 Å². The molecule has 7 nitrogen and oxygen atoms in total. The minimum atomic E-state index is -0.942. The fraction of sp³-hybridized carbons (Fsp3) is 0.292. The number of aromatic nitrogens is 3. The Kier molecular flexibility index (Phi) is 7.14. The number of benzene rings is 2. The molecule has 2 aromatic carbocycles. The van der Waals surface area contributed by atoms with Crippen LogP contribution in [0.2, 0.25) is 0 Å². The van der Waals surface area contributed by atoms with Crippen LogP contribution < -0.4 is 4.74 Å². The van der Waals surface area contributed by atoms with Gasteiger partial charge in [0.1, 0.15) is 10.8 Å². The van der Waals surface area contributed by atoms with Crippen LogP contribution in [0, 0.1) is 0 Å². The number of aromatic carboxylic acids is 1. The van der Waals surface area contributed by atoms with Crippen molar-refractivity contribution in [3.63, 3.8) is 0 Å².